The number of hydrogen-bond acceptors (Lipinski definition) is 3. The molecule has 0 radical (unpaired) electrons. The van der Waals surface area contributed by atoms with Crippen molar-refractivity contribution in [2.75, 3.05) is 11.9 Å². The molecule has 0 atom stereocenters. The van der Waals surface area contributed by atoms with E-state index in [1.54, 1.807) is 24.4 Å². The Morgan fingerprint density at radius 3 is 2.60 bits per heavy atom. The average molecular weight is 274 g/mol. The van der Waals surface area contributed by atoms with Crippen molar-refractivity contribution in [3.05, 3.63) is 46.6 Å². The lowest BCUT2D eigenvalue weighted by Gasteiger charge is -2.02. The average Bonchev–Trinajstić information content (AvgIpc) is 2.87. The fraction of sp³-hybridized carbons (Fsp3) is 0.154. The van der Waals surface area contributed by atoms with E-state index in [9.17, 15) is 14.9 Å². The Labute approximate surface area is 115 Å². The first-order chi connectivity index (χ1) is 9.60. The Balaban J connectivity index is 2.12. The minimum Gasteiger partial charge on any atom is -0.347 e. The molecule has 3 N–H and O–H groups in total. The fourth-order valence-electron chi connectivity index (χ4n) is 1.74. The number of aromatic amines is 1. The van der Waals surface area contributed by atoms with Crippen LogP contribution in [0.5, 0.6) is 0 Å². The molecule has 0 spiro atoms. The van der Waals surface area contributed by atoms with Crippen LogP contribution in [-0.4, -0.2) is 22.5 Å². The molecule has 0 unspecified atom stereocenters. The summed E-state index contributed by atoms with van der Waals surface area (Å²) in [6, 6.07) is 7.69. The predicted molar refractivity (Wildman–Crippen MR) is 75.6 cm³/mol. The second-order valence-corrected chi connectivity index (χ2v) is 4.09. The van der Waals surface area contributed by atoms with Crippen LogP contribution in [0.4, 0.5) is 16.3 Å². The van der Waals surface area contributed by atoms with Crippen LogP contribution in [0.2, 0.25) is 0 Å². The molecule has 0 aliphatic heterocycles. The SMILES string of the molecule is CCNC(=O)Nc1cc(-c2ccc([N+](=O)[O-])cc2)c[nH]1. The number of aromatic nitrogens is 1. The second kappa shape index (κ2) is 5.87. The van der Waals surface area contributed by atoms with Gasteiger partial charge in [0.25, 0.3) is 5.69 Å². The molecule has 2 amide bonds. The zero-order valence-corrected chi connectivity index (χ0v) is 10.8. The van der Waals surface area contributed by atoms with Crippen molar-refractivity contribution in [3.63, 3.8) is 0 Å². The van der Waals surface area contributed by atoms with Crippen molar-refractivity contribution in [1.82, 2.24) is 10.3 Å². The van der Waals surface area contributed by atoms with Gasteiger partial charge in [-0.15, -0.1) is 0 Å². The van der Waals surface area contributed by atoms with E-state index in [2.05, 4.69) is 15.6 Å². The maximum Gasteiger partial charge on any atom is 0.320 e. The van der Waals surface area contributed by atoms with Gasteiger partial charge in [0.05, 0.1) is 4.92 Å². The number of non-ortho nitro benzene ring substituents is 1. The number of nitro groups is 1. The number of anilines is 1. The van der Waals surface area contributed by atoms with Gasteiger partial charge in [-0.3, -0.25) is 15.4 Å². The van der Waals surface area contributed by atoms with Crippen LogP contribution in [-0.2, 0) is 0 Å². The van der Waals surface area contributed by atoms with Gasteiger partial charge in [-0.25, -0.2) is 4.79 Å². The Morgan fingerprint density at radius 2 is 2.00 bits per heavy atom. The van der Waals surface area contributed by atoms with E-state index in [4.69, 9.17) is 0 Å². The number of hydrogen-bond donors (Lipinski definition) is 3. The molecule has 0 saturated carbocycles. The maximum atomic E-state index is 11.4. The number of nitro benzene ring substituents is 1. The molecule has 2 rings (SSSR count). The largest absolute Gasteiger partial charge is 0.347 e. The summed E-state index contributed by atoms with van der Waals surface area (Å²) in [4.78, 5) is 24.4. The lowest BCUT2D eigenvalue weighted by atomic mass is 10.1. The van der Waals surface area contributed by atoms with Crippen LogP contribution in [0, 0.1) is 10.1 Å². The zero-order valence-electron chi connectivity index (χ0n) is 10.8. The lowest BCUT2D eigenvalue weighted by molar-refractivity contribution is -0.384. The molecule has 7 heteroatoms. The summed E-state index contributed by atoms with van der Waals surface area (Å²) in [5, 5.41) is 15.8. The third-order valence-corrected chi connectivity index (χ3v) is 2.68. The summed E-state index contributed by atoms with van der Waals surface area (Å²) in [5.41, 5.74) is 1.72. The van der Waals surface area contributed by atoms with Gasteiger partial charge in [0.15, 0.2) is 0 Å². The molecule has 0 aliphatic rings. The number of nitrogens with one attached hydrogen (secondary N) is 3. The van der Waals surface area contributed by atoms with Gasteiger partial charge in [0.1, 0.15) is 5.82 Å². The Kier molecular flexibility index (Phi) is 3.99. The molecule has 0 saturated heterocycles. The first-order valence-electron chi connectivity index (χ1n) is 6.08. The van der Waals surface area contributed by atoms with Gasteiger partial charge < -0.3 is 10.3 Å². The van der Waals surface area contributed by atoms with E-state index in [-0.39, 0.29) is 11.7 Å². The van der Waals surface area contributed by atoms with Crippen LogP contribution in [0.15, 0.2) is 36.5 Å². The van der Waals surface area contributed by atoms with Crippen LogP contribution in [0.25, 0.3) is 11.1 Å². The molecule has 0 bridgehead atoms. The maximum absolute atomic E-state index is 11.4. The Bertz CT molecular complexity index is 619. The summed E-state index contributed by atoms with van der Waals surface area (Å²) >= 11 is 0. The quantitative estimate of drug-likeness (QED) is 0.590. The van der Waals surface area contributed by atoms with Gasteiger partial charge in [-0.05, 0) is 30.7 Å². The number of H-pyrrole nitrogens is 1. The van der Waals surface area contributed by atoms with Crippen molar-refractivity contribution in [3.8, 4) is 11.1 Å². The van der Waals surface area contributed by atoms with Crippen LogP contribution in [0.1, 0.15) is 6.92 Å². The summed E-state index contributed by atoms with van der Waals surface area (Å²) < 4.78 is 0. The highest BCUT2D eigenvalue weighted by atomic mass is 16.6. The zero-order chi connectivity index (χ0) is 14.5. The van der Waals surface area contributed by atoms with E-state index in [0.717, 1.165) is 11.1 Å². The van der Waals surface area contributed by atoms with E-state index in [0.29, 0.717) is 12.4 Å². The molecule has 20 heavy (non-hydrogen) atoms. The van der Waals surface area contributed by atoms with Gasteiger partial charge in [-0.2, -0.15) is 0 Å². The van der Waals surface area contributed by atoms with Crippen LogP contribution in [0.3, 0.4) is 0 Å². The van der Waals surface area contributed by atoms with Crippen molar-refractivity contribution >= 4 is 17.5 Å². The number of amides is 2. The van der Waals surface area contributed by atoms with Crippen molar-refractivity contribution in [2.24, 2.45) is 0 Å². The smallest absolute Gasteiger partial charge is 0.320 e. The highest BCUT2D eigenvalue weighted by Gasteiger charge is 2.07. The number of carbonyl (C=O) groups is 1. The van der Waals surface area contributed by atoms with Gasteiger partial charge in [0, 0.05) is 30.4 Å². The van der Waals surface area contributed by atoms with Gasteiger partial charge in [-0.1, -0.05) is 0 Å². The van der Waals surface area contributed by atoms with Gasteiger partial charge in [0.2, 0.25) is 0 Å². The molecule has 1 heterocycles. The molecule has 1 aromatic heterocycles. The summed E-state index contributed by atoms with van der Waals surface area (Å²) in [5.74, 6) is 0.560. The van der Waals surface area contributed by atoms with Crippen LogP contribution >= 0.6 is 0 Å². The molecular formula is C13H14N4O3. The van der Waals surface area contributed by atoms with E-state index >= 15 is 0 Å². The highest BCUT2D eigenvalue weighted by molar-refractivity contribution is 5.89. The van der Waals surface area contributed by atoms with Crippen molar-refractivity contribution in [2.45, 2.75) is 6.92 Å². The highest BCUT2D eigenvalue weighted by Crippen LogP contribution is 2.24. The standard InChI is InChI=1S/C13H14N4O3/c1-2-14-13(18)16-12-7-10(8-15-12)9-3-5-11(6-4-9)17(19)20/h3-8,15H,2H2,1H3,(H2,14,16,18). The normalized spacial score (nSPS) is 10.1. The number of rotatable bonds is 4. The molecule has 104 valence electrons. The minimum atomic E-state index is -0.442. The number of benzene rings is 1. The first kappa shape index (κ1) is 13.6. The lowest BCUT2D eigenvalue weighted by Crippen LogP contribution is -2.28. The molecule has 2 aromatic rings. The summed E-state index contributed by atoms with van der Waals surface area (Å²) in [6.45, 7) is 2.37. The third-order valence-electron chi connectivity index (χ3n) is 2.68. The van der Waals surface area contributed by atoms with Crippen LogP contribution < -0.4 is 10.6 Å². The second-order valence-electron chi connectivity index (χ2n) is 4.09. The predicted octanol–water partition coefficient (Wildman–Crippen LogP) is 2.73. The molecule has 0 fully saturated rings. The minimum absolute atomic E-state index is 0.0463. The summed E-state index contributed by atoms with van der Waals surface area (Å²) in [7, 11) is 0. The van der Waals surface area contributed by atoms with Crippen molar-refractivity contribution in [1.29, 1.82) is 0 Å². The topological polar surface area (TPSA) is 100 Å². The Morgan fingerprint density at radius 1 is 1.30 bits per heavy atom. The number of nitrogens with zero attached hydrogens (tertiary/aromatic N) is 1. The van der Waals surface area contributed by atoms with E-state index in [1.807, 2.05) is 6.92 Å². The Hall–Kier alpha value is -2.83. The summed E-state index contributed by atoms with van der Waals surface area (Å²) in [6.07, 6.45) is 1.72. The first-order valence-corrected chi connectivity index (χ1v) is 6.08. The third kappa shape index (κ3) is 3.14. The van der Waals surface area contributed by atoms with E-state index in [1.165, 1.54) is 12.1 Å². The number of carbonyl (C=O) groups excluding carboxylic acids is 1. The number of urea groups is 1. The molecule has 7 nitrogen and oxygen atoms in total. The molecular weight excluding hydrogens is 260 g/mol. The molecule has 1 aromatic carbocycles. The fourth-order valence-corrected chi connectivity index (χ4v) is 1.74. The monoisotopic (exact) mass is 274 g/mol. The van der Waals surface area contributed by atoms with Crippen molar-refractivity contribution < 1.29 is 9.72 Å². The van der Waals surface area contributed by atoms with Gasteiger partial charge >= 0.3 is 6.03 Å². The van der Waals surface area contributed by atoms with E-state index < -0.39 is 4.92 Å². The molecule has 0 aliphatic carbocycles.